The predicted octanol–water partition coefficient (Wildman–Crippen LogP) is 3.77. The molecule has 134 valence electrons. The summed E-state index contributed by atoms with van der Waals surface area (Å²) in [5, 5.41) is 13.1. The summed E-state index contributed by atoms with van der Waals surface area (Å²) in [6.45, 7) is 6.47. The molecule has 0 aliphatic carbocycles. The predicted molar refractivity (Wildman–Crippen MR) is 100 cm³/mol. The first kappa shape index (κ1) is 22.3. The Hall–Kier alpha value is -0.680. The quantitative estimate of drug-likeness (QED) is 0.722. The van der Waals surface area contributed by atoms with E-state index in [1.54, 1.807) is 19.2 Å². The first-order chi connectivity index (χ1) is 10.3. The minimum atomic E-state index is 0. The number of rotatable bonds is 7. The maximum atomic E-state index is 9.67. The van der Waals surface area contributed by atoms with Gasteiger partial charge in [-0.25, -0.2) is 0 Å². The van der Waals surface area contributed by atoms with Crippen LogP contribution < -0.4 is 10.1 Å². The first-order valence-corrected chi connectivity index (χ1v) is 8.08. The molecule has 1 heterocycles. The molecule has 0 spiro atoms. The van der Waals surface area contributed by atoms with Gasteiger partial charge in [0.2, 0.25) is 0 Å². The smallest absolute Gasteiger partial charge is 0.127 e. The van der Waals surface area contributed by atoms with E-state index in [0.717, 1.165) is 38.3 Å². The molecule has 4 nitrogen and oxygen atoms in total. The van der Waals surface area contributed by atoms with Crippen molar-refractivity contribution in [2.75, 3.05) is 33.3 Å². The van der Waals surface area contributed by atoms with Gasteiger partial charge in [-0.2, -0.15) is 0 Å². The van der Waals surface area contributed by atoms with Gasteiger partial charge in [0, 0.05) is 43.9 Å². The summed E-state index contributed by atoms with van der Waals surface area (Å²) >= 11 is 0. The van der Waals surface area contributed by atoms with Crippen molar-refractivity contribution in [1.82, 2.24) is 10.2 Å². The van der Waals surface area contributed by atoms with Gasteiger partial charge in [0.1, 0.15) is 11.5 Å². The van der Waals surface area contributed by atoms with Crippen LogP contribution in [-0.2, 0) is 0 Å². The minimum absolute atomic E-state index is 0. The molecule has 0 amide bonds. The van der Waals surface area contributed by atoms with Gasteiger partial charge < -0.3 is 15.2 Å². The van der Waals surface area contributed by atoms with Crippen molar-refractivity contribution in [1.29, 1.82) is 0 Å². The molecule has 0 saturated carbocycles. The fraction of sp³-hybridized carbons (Fsp3) is 0.647. The second-order valence-electron chi connectivity index (χ2n) is 5.72. The third-order valence-corrected chi connectivity index (χ3v) is 4.25. The van der Waals surface area contributed by atoms with Crippen molar-refractivity contribution in [2.45, 2.75) is 38.6 Å². The second-order valence-corrected chi connectivity index (χ2v) is 5.72. The molecular formula is C17H30Cl2N2O2. The van der Waals surface area contributed by atoms with Crippen LogP contribution >= 0.6 is 24.8 Å². The molecule has 0 radical (unpaired) electrons. The Morgan fingerprint density at radius 1 is 1.22 bits per heavy atom. The number of phenols is 1. The molecule has 1 aromatic rings. The number of hydrogen-bond acceptors (Lipinski definition) is 4. The number of piperazine rings is 1. The highest BCUT2D eigenvalue weighted by Crippen LogP contribution is 2.35. The van der Waals surface area contributed by atoms with E-state index in [-0.39, 0.29) is 30.6 Å². The lowest BCUT2D eigenvalue weighted by molar-refractivity contribution is 0.160. The second kappa shape index (κ2) is 11.8. The van der Waals surface area contributed by atoms with E-state index in [9.17, 15) is 5.11 Å². The van der Waals surface area contributed by atoms with Crippen LogP contribution in [0.4, 0.5) is 0 Å². The number of unbranched alkanes of at least 4 members (excludes halogenated alkanes) is 2. The Labute approximate surface area is 152 Å². The van der Waals surface area contributed by atoms with Crippen LogP contribution in [0, 0.1) is 0 Å². The van der Waals surface area contributed by atoms with E-state index in [2.05, 4.69) is 17.1 Å². The van der Waals surface area contributed by atoms with Crippen molar-refractivity contribution in [3.05, 3.63) is 23.8 Å². The lowest BCUT2D eigenvalue weighted by atomic mass is 9.97. The third kappa shape index (κ3) is 6.38. The monoisotopic (exact) mass is 364 g/mol. The fourth-order valence-corrected chi connectivity index (χ4v) is 3.09. The summed E-state index contributed by atoms with van der Waals surface area (Å²) in [5.74, 6) is 1.07. The van der Waals surface area contributed by atoms with E-state index in [1.807, 2.05) is 6.07 Å². The van der Waals surface area contributed by atoms with Crippen LogP contribution in [0.15, 0.2) is 18.2 Å². The number of ether oxygens (including phenoxy) is 1. The highest BCUT2D eigenvalue weighted by atomic mass is 35.5. The largest absolute Gasteiger partial charge is 0.508 e. The lowest BCUT2D eigenvalue weighted by Gasteiger charge is -2.36. The number of halogens is 2. The Morgan fingerprint density at radius 3 is 2.52 bits per heavy atom. The van der Waals surface area contributed by atoms with E-state index in [0.29, 0.717) is 6.04 Å². The molecule has 1 aliphatic rings. The summed E-state index contributed by atoms with van der Waals surface area (Å²) < 4.78 is 5.50. The molecule has 1 saturated heterocycles. The molecule has 0 unspecified atom stereocenters. The number of phenolic OH excluding ortho intramolecular Hbond substituents is 1. The molecule has 2 rings (SSSR count). The SMILES string of the molecule is CCCCC[C@@H](c1ccc(O)cc1OC)N1CCNCC1.Cl.Cl. The van der Waals surface area contributed by atoms with E-state index in [1.165, 1.54) is 24.8 Å². The van der Waals surface area contributed by atoms with Crippen molar-refractivity contribution >= 4 is 24.8 Å². The van der Waals surface area contributed by atoms with E-state index < -0.39 is 0 Å². The summed E-state index contributed by atoms with van der Waals surface area (Å²) in [7, 11) is 1.68. The van der Waals surface area contributed by atoms with Crippen LogP contribution in [0.25, 0.3) is 0 Å². The average Bonchev–Trinajstić information content (AvgIpc) is 2.53. The molecule has 6 heteroatoms. The summed E-state index contributed by atoms with van der Waals surface area (Å²) in [6.07, 6.45) is 4.88. The van der Waals surface area contributed by atoms with Crippen LogP contribution in [0.3, 0.4) is 0 Å². The number of methoxy groups -OCH3 is 1. The fourth-order valence-electron chi connectivity index (χ4n) is 3.09. The minimum Gasteiger partial charge on any atom is -0.508 e. The standard InChI is InChI=1S/C17H28N2O2.2ClH/c1-3-4-5-6-16(19-11-9-18-10-12-19)15-8-7-14(20)13-17(15)21-2;;/h7-8,13,16,18,20H,3-6,9-12H2,1-2H3;2*1H/t16-;;/m0../s1. The Balaban J connectivity index is 0.00000242. The summed E-state index contributed by atoms with van der Waals surface area (Å²) in [4.78, 5) is 2.54. The van der Waals surface area contributed by atoms with Gasteiger partial charge >= 0.3 is 0 Å². The maximum Gasteiger partial charge on any atom is 0.127 e. The van der Waals surface area contributed by atoms with Gasteiger partial charge in [-0.3, -0.25) is 4.90 Å². The average molecular weight is 365 g/mol. The van der Waals surface area contributed by atoms with Crippen molar-refractivity contribution in [3.8, 4) is 11.5 Å². The molecule has 1 aliphatic heterocycles. The zero-order chi connectivity index (χ0) is 15.1. The van der Waals surface area contributed by atoms with Crippen LogP contribution in [-0.4, -0.2) is 43.3 Å². The summed E-state index contributed by atoms with van der Waals surface area (Å²) in [5.41, 5.74) is 1.20. The molecular weight excluding hydrogens is 335 g/mol. The highest BCUT2D eigenvalue weighted by Gasteiger charge is 2.24. The van der Waals surface area contributed by atoms with Crippen LogP contribution in [0.5, 0.6) is 11.5 Å². The van der Waals surface area contributed by atoms with Gasteiger partial charge in [-0.15, -0.1) is 24.8 Å². The highest BCUT2D eigenvalue weighted by molar-refractivity contribution is 5.85. The number of nitrogens with zero attached hydrogens (tertiary/aromatic N) is 1. The molecule has 1 atom stereocenters. The molecule has 23 heavy (non-hydrogen) atoms. The normalized spacial score (nSPS) is 16.1. The van der Waals surface area contributed by atoms with E-state index in [4.69, 9.17) is 4.74 Å². The number of aromatic hydroxyl groups is 1. The van der Waals surface area contributed by atoms with Crippen molar-refractivity contribution in [3.63, 3.8) is 0 Å². The van der Waals surface area contributed by atoms with Crippen LogP contribution in [0.1, 0.15) is 44.2 Å². The van der Waals surface area contributed by atoms with Gasteiger partial charge in [0.05, 0.1) is 7.11 Å². The van der Waals surface area contributed by atoms with Gasteiger partial charge in [0.25, 0.3) is 0 Å². The van der Waals surface area contributed by atoms with Gasteiger partial charge in [-0.1, -0.05) is 32.3 Å². The van der Waals surface area contributed by atoms with Crippen molar-refractivity contribution in [2.24, 2.45) is 0 Å². The van der Waals surface area contributed by atoms with Gasteiger partial charge in [-0.05, 0) is 12.5 Å². The summed E-state index contributed by atoms with van der Waals surface area (Å²) in [6, 6.07) is 5.90. The lowest BCUT2D eigenvalue weighted by Crippen LogP contribution is -2.45. The first-order valence-electron chi connectivity index (χ1n) is 8.08. The molecule has 1 aromatic carbocycles. The molecule has 0 bridgehead atoms. The molecule has 2 N–H and O–H groups in total. The Morgan fingerprint density at radius 2 is 1.91 bits per heavy atom. The number of benzene rings is 1. The van der Waals surface area contributed by atoms with Gasteiger partial charge in [0.15, 0.2) is 0 Å². The topological polar surface area (TPSA) is 44.7 Å². The number of nitrogens with one attached hydrogen (secondary N) is 1. The zero-order valence-electron chi connectivity index (χ0n) is 14.1. The maximum absolute atomic E-state index is 9.67. The van der Waals surface area contributed by atoms with Crippen LogP contribution in [0.2, 0.25) is 0 Å². The van der Waals surface area contributed by atoms with Crippen molar-refractivity contribution < 1.29 is 9.84 Å². The zero-order valence-corrected chi connectivity index (χ0v) is 15.7. The Bertz CT molecular complexity index is 441. The molecule has 0 aromatic heterocycles. The Kier molecular flexibility index (Phi) is 11.4. The number of hydrogen-bond donors (Lipinski definition) is 2. The third-order valence-electron chi connectivity index (χ3n) is 4.25. The molecule has 1 fully saturated rings. The van der Waals surface area contributed by atoms with E-state index >= 15 is 0 Å².